The smallest absolute Gasteiger partial charge is 0.145 e. The highest BCUT2D eigenvalue weighted by atomic mass is 15.0. The van der Waals surface area contributed by atoms with Gasteiger partial charge in [0.25, 0.3) is 0 Å². The second-order valence-corrected chi connectivity index (χ2v) is 4.92. The topological polar surface area (TPSA) is 37.8 Å². The number of hydrogen-bond donors (Lipinski definition) is 1. The number of para-hydroxylation sites is 2. The van der Waals surface area contributed by atoms with Gasteiger partial charge in [-0.1, -0.05) is 26.0 Å². The molecule has 2 rings (SSSR count). The van der Waals surface area contributed by atoms with Gasteiger partial charge < -0.3 is 5.32 Å². The monoisotopic (exact) mass is 229 g/mol. The molecule has 0 aliphatic heterocycles. The molecule has 2 aromatic rings. The predicted octanol–water partition coefficient (Wildman–Crippen LogP) is 3.48. The van der Waals surface area contributed by atoms with E-state index in [1.807, 2.05) is 24.3 Å². The lowest BCUT2D eigenvalue weighted by Crippen LogP contribution is -2.18. The third-order valence-corrected chi connectivity index (χ3v) is 2.67. The first-order valence-electron chi connectivity index (χ1n) is 6.13. The molecular weight excluding hydrogens is 210 g/mol. The molecule has 90 valence electrons. The molecule has 1 heterocycles. The molecule has 1 aromatic carbocycles. The maximum Gasteiger partial charge on any atom is 0.145 e. The van der Waals surface area contributed by atoms with E-state index in [1.54, 1.807) is 6.20 Å². The van der Waals surface area contributed by atoms with Crippen LogP contribution in [0.4, 0.5) is 5.82 Å². The van der Waals surface area contributed by atoms with Crippen LogP contribution in [0.15, 0.2) is 30.5 Å². The van der Waals surface area contributed by atoms with Crippen molar-refractivity contribution in [2.24, 2.45) is 5.92 Å². The molecule has 0 radical (unpaired) electrons. The largest absolute Gasteiger partial charge is 0.366 e. The molecule has 0 amide bonds. The molecule has 0 aliphatic carbocycles. The van der Waals surface area contributed by atoms with E-state index in [1.165, 1.54) is 0 Å². The number of anilines is 1. The van der Waals surface area contributed by atoms with Gasteiger partial charge in [-0.15, -0.1) is 0 Å². The highest BCUT2D eigenvalue weighted by molar-refractivity contribution is 5.75. The van der Waals surface area contributed by atoms with Crippen LogP contribution < -0.4 is 5.32 Å². The van der Waals surface area contributed by atoms with Gasteiger partial charge in [0, 0.05) is 6.04 Å². The summed E-state index contributed by atoms with van der Waals surface area (Å²) in [5.74, 6) is 1.54. The van der Waals surface area contributed by atoms with E-state index in [-0.39, 0.29) is 0 Å². The van der Waals surface area contributed by atoms with Crippen molar-refractivity contribution >= 4 is 16.9 Å². The van der Waals surface area contributed by atoms with Crippen molar-refractivity contribution in [3.05, 3.63) is 30.5 Å². The molecule has 1 atom stereocenters. The van der Waals surface area contributed by atoms with Crippen LogP contribution >= 0.6 is 0 Å². The SMILES string of the molecule is CC(C)CC(C)Nc1cnc2ccccc2n1. The number of nitrogens with one attached hydrogen (secondary N) is 1. The number of rotatable bonds is 4. The zero-order chi connectivity index (χ0) is 12.3. The zero-order valence-corrected chi connectivity index (χ0v) is 10.6. The number of benzene rings is 1. The fraction of sp³-hybridized carbons (Fsp3) is 0.429. The lowest BCUT2D eigenvalue weighted by molar-refractivity contribution is 0.539. The first-order valence-corrected chi connectivity index (χ1v) is 6.13. The van der Waals surface area contributed by atoms with Crippen molar-refractivity contribution in [1.29, 1.82) is 0 Å². The summed E-state index contributed by atoms with van der Waals surface area (Å²) in [6.45, 7) is 6.63. The van der Waals surface area contributed by atoms with Crippen LogP contribution in [-0.4, -0.2) is 16.0 Å². The maximum absolute atomic E-state index is 4.55. The normalized spacial score (nSPS) is 12.9. The summed E-state index contributed by atoms with van der Waals surface area (Å²) in [6.07, 6.45) is 2.94. The third-order valence-electron chi connectivity index (χ3n) is 2.67. The number of aromatic nitrogens is 2. The molecule has 3 nitrogen and oxygen atoms in total. The number of nitrogens with zero attached hydrogens (tertiary/aromatic N) is 2. The predicted molar refractivity (Wildman–Crippen MR) is 72.1 cm³/mol. The van der Waals surface area contributed by atoms with Gasteiger partial charge >= 0.3 is 0 Å². The fourth-order valence-electron chi connectivity index (χ4n) is 2.05. The van der Waals surface area contributed by atoms with Crippen molar-refractivity contribution in [2.75, 3.05) is 5.32 Å². The first-order chi connectivity index (χ1) is 8.15. The minimum atomic E-state index is 0.422. The average molecular weight is 229 g/mol. The van der Waals surface area contributed by atoms with Crippen LogP contribution in [0.2, 0.25) is 0 Å². The van der Waals surface area contributed by atoms with Crippen molar-refractivity contribution in [1.82, 2.24) is 9.97 Å². The molecule has 0 aliphatic rings. The van der Waals surface area contributed by atoms with Crippen LogP contribution in [0, 0.1) is 5.92 Å². The summed E-state index contributed by atoms with van der Waals surface area (Å²) in [7, 11) is 0. The summed E-state index contributed by atoms with van der Waals surface area (Å²) < 4.78 is 0. The Morgan fingerprint density at radius 3 is 2.53 bits per heavy atom. The quantitative estimate of drug-likeness (QED) is 0.872. The molecule has 0 saturated carbocycles. The Kier molecular flexibility index (Phi) is 3.57. The Hall–Kier alpha value is -1.64. The lowest BCUT2D eigenvalue weighted by atomic mass is 10.1. The summed E-state index contributed by atoms with van der Waals surface area (Å²) in [5.41, 5.74) is 1.88. The Labute approximate surface area is 102 Å². The van der Waals surface area contributed by atoms with Gasteiger partial charge in [0.1, 0.15) is 5.82 Å². The van der Waals surface area contributed by atoms with E-state index < -0.39 is 0 Å². The Bertz CT molecular complexity index is 494. The van der Waals surface area contributed by atoms with Crippen LogP contribution in [0.1, 0.15) is 27.2 Å². The molecule has 0 fully saturated rings. The highest BCUT2D eigenvalue weighted by Crippen LogP contribution is 2.14. The van der Waals surface area contributed by atoms with E-state index in [2.05, 4.69) is 36.1 Å². The van der Waals surface area contributed by atoms with Gasteiger partial charge in [-0.2, -0.15) is 0 Å². The van der Waals surface area contributed by atoms with Gasteiger partial charge in [0.2, 0.25) is 0 Å². The average Bonchev–Trinajstić information content (AvgIpc) is 2.27. The van der Waals surface area contributed by atoms with Crippen LogP contribution in [0.5, 0.6) is 0 Å². The second kappa shape index (κ2) is 5.13. The Balaban J connectivity index is 2.14. The maximum atomic E-state index is 4.55. The van der Waals surface area contributed by atoms with Crippen LogP contribution in [-0.2, 0) is 0 Å². The summed E-state index contributed by atoms with van der Waals surface area (Å²) in [5, 5.41) is 3.39. The standard InChI is InChI=1S/C14H19N3/c1-10(2)8-11(3)16-14-9-15-12-6-4-5-7-13(12)17-14/h4-7,9-11H,8H2,1-3H3,(H,16,17). The molecular formula is C14H19N3. The lowest BCUT2D eigenvalue weighted by Gasteiger charge is -2.16. The molecule has 0 saturated heterocycles. The van der Waals surface area contributed by atoms with Crippen molar-refractivity contribution in [3.63, 3.8) is 0 Å². The number of fused-ring (bicyclic) bond motifs is 1. The van der Waals surface area contributed by atoms with Gasteiger partial charge in [-0.3, -0.25) is 4.98 Å². The molecule has 1 unspecified atom stereocenters. The van der Waals surface area contributed by atoms with Gasteiger partial charge in [-0.05, 0) is 31.4 Å². The van der Waals surface area contributed by atoms with E-state index in [4.69, 9.17) is 0 Å². The fourth-order valence-corrected chi connectivity index (χ4v) is 2.05. The van der Waals surface area contributed by atoms with Gasteiger partial charge in [0.15, 0.2) is 0 Å². The van der Waals surface area contributed by atoms with Gasteiger partial charge in [0.05, 0.1) is 17.2 Å². The van der Waals surface area contributed by atoms with Gasteiger partial charge in [-0.25, -0.2) is 4.98 Å². The second-order valence-electron chi connectivity index (χ2n) is 4.92. The Morgan fingerprint density at radius 2 is 1.82 bits per heavy atom. The van der Waals surface area contributed by atoms with E-state index >= 15 is 0 Å². The highest BCUT2D eigenvalue weighted by Gasteiger charge is 2.06. The minimum absolute atomic E-state index is 0.422. The van der Waals surface area contributed by atoms with Crippen molar-refractivity contribution < 1.29 is 0 Å². The molecule has 1 N–H and O–H groups in total. The minimum Gasteiger partial charge on any atom is -0.366 e. The molecule has 17 heavy (non-hydrogen) atoms. The Morgan fingerprint density at radius 1 is 1.12 bits per heavy atom. The van der Waals surface area contributed by atoms with E-state index in [0.29, 0.717) is 12.0 Å². The van der Waals surface area contributed by atoms with E-state index in [9.17, 15) is 0 Å². The zero-order valence-electron chi connectivity index (χ0n) is 10.6. The molecule has 0 bridgehead atoms. The third kappa shape index (κ3) is 3.16. The summed E-state index contributed by atoms with van der Waals surface area (Å²) in [4.78, 5) is 8.94. The first kappa shape index (κ1) is 11.8. The van der Waals surface area contributed by atoms with Crippen molar-refractivity contribution in [2.45, 2.75) is 33.2 Å². The molecule has 1 aromatic heterocycles. The van der Waals surface area contributed by atoms with E-state index in [0.717, 1.165) is 23.3 Å². The van der Waals surface area contributed by atoms with Crippen molar-refractivity contribution in [3.8, 4) is 0 Å². The molecule has 0 spiro atoms. The summed E-state index contributed by atoms with van der Waals surface area (Å²) >= 11 is 0. The van der Waals surface area contributed by atoms with Crippen LogP contribution in [0.3, 0.4) is 0 Å². The molecule has 3 heteroatoms. The van der Waals surface area contributed by atoms with Crippen LogP contribution in [0.25, 0.3) is 11.0 Å². The summed E-state index contributed by atoms with van der Waals surface area (Å²) in [6, 6.07) is 8.35. The number of hydrogen-bond acceptors (Lipinski definition) is 3.